The Labute approximate surface area is 96.0 Å². The Morgan fingerprint density at radius 1 is 1.50 bits per heavy atom. The van der Waals surface area contributed by atoms with Crippen molar-refractivity contribution in [2.75, 3.05) is 11.4 Å². The lowest BCUT2D eigenvalue weighted by atomic mass is 10.3. The molecule has 1 heterocycles. The van der Waals surface area contributed by atoms with E-state index >= 15 is 0 Å². The van der Waals surface area contributed by atoms with E-state index < -0.39 is 0 Å². The van der Waals surface area contributed by atoms with Gasteiger partial charge in [-0.15, -0.1) is 5.10 Å². The number of rotatable bonds is 6. The van der Waals surface area contributed by atoms with Crippen LogP contribution in [-0.2, 0) is 0 Å². The molecule has 0 bridgehead atoms. The van der Waals surface area contributed by atoms with Crippen LogP contribution < -0.4 is 10.6 Å². The summed E-state index contributed by atoms with van der Waals surface area (Å²) < 4.78 is 5.58. The van der Waals surface area contributed by atoms with Crippen molar-refractivity contribution in [2.24, 2.45) is 5.73 Å². The second kappa shape index (κ2) is 4.82. The molecule has 1 aromatic rings. The van der Waals surface area contributed by atoms with Gasteiger partial charge in [0.25, 0.3) is 0 Å². The number of hydrogen-bond donors (Lipinski definition) is 1. The third kappa shape index (κ3) is 2.52. The predicted octanol–water partition coefficient (Wildman–Crippen LogP) is 1.86. The summed E-state index contributed by atoms with van der Waals surface area (Å²) in [5.74, 6) is 0.525. The highest BCUT2D eigenvalue weighted by Crippen LogP contribution is 2.31. The molecule has 0 saturated heterocycles. The molecule has 1 fully saturated rings. The van der Waals surface area contributed by atoms with Crippen molar-refractivity contribution in [3.05, 3.63) is 5.89 Å². The summed E-state index contributed by atoms with van der Waals surface area (Å²) in [6, 6.07) is 1.06. The van der Waals surface area contributed by atoms with E-state index in [0.29, 0.717) is 17.9 Å². The third-order valence-corrected chi connectivity index (χ3v) is 2.81. The van der Waals surface area contributed by atoms with E-state index in [4.69, 9.17) is 10.2 Å². The van der Waals surface area contributed by atoms with E-state index in [-0.39, 0.29) is 6.04 Å². The van der Waals surface area contributed by atoms with Gasteiger partial charge in [0.15, 0.2) is 0 Å². The molecule has 0 aromatic carbocycles. The zero-order valence-corrected chi connectivity index (χ0v) is 10.0. The van der Waals surface area contributed by atoms with Crippen molar-refractivity contribution >= 4 is 6.01 Å². The summed E-state index contributed by atoms with van der Waals surface area (Å²) in [7, 11) is 0. The van der Waals surface area contributed by atoms with Crippen LogP contribution in [-0.4, -0.2) is 22.8 Å². The molecule has 0 amide bonds. The third-order valence-electron chi connectivity index (χ3n) is 2.81. The molecule has 0 aliphatic heterocycles. The Morgan fingerprint density at radius 3 is 2.75 bits per heavy atom. The van der Waals surface area contributed by atoms with Gasteiger partial charge in [-0.1, -0.05) is 18.4 Å². The van der Waals surface area contributed by atoms with Crippen molar-refractivity contribution in [2.45, 2.75) is 51.6 Å². The normalized spacial score (nSPS) is 17.4. The van der Waals surface area contributed by atoms with Gasteiger partial charge < -0.3 is 15.1 Å². The van der Waals surface area contributed by atoms with Gasteiger partial charge in [-0.05, 0) is 26.2 Å². The number of nitrogens with two attached hydrogens (primary N) is 1. The van der Waals surface area contributed by atoms with E-state index in [9.17, 15) is 0 Å². The standard InChI is InChI=1S/C11H20N4O/c1-3-4-7-15(9-5-6-9)11-14-13-10(16-11)8(2)12/h8-9H,3-7,12H2,1-2H3. The zero-order valence-electron chi connectivity index (χ0n) is 10.0. The van der Waals surface area contributed by atoms with Crippen molar-refractivity contribution in [1.82, 2.24) is 10.2 Å². The molecule has 1 aliphatic carbocycles. The van der Waals surface area contributed by atoms with Gasteiger partial charge in [-0.3, -0.25) is 0 Å². The van der Waals surface area contributed by atoms with Gasteiger partial charge in [-0.2, -0.15) is 0 Å². The van der Waals surface area contributed by atoms with Crippen molar-refractivity contribution in [1.29, 1.82) is 0 Å². The lowest BCUT2D eigenvalue weighted by Gasteiger charge is -2.18. The summed E-state index contributed by atoms with van der Waals surface area (Å²) in [6.07, 6.45) is 4.81. The minimum absolute atomic E-state index is 0.187. The number of anilines is 1. The van der Waals surface area contributed by atoms with E-state index in [0.717, 1.165) is 13.0 Å². The lowest BCUT2D eigenvalue weighted by molar-refractivity contribution is 0.453. The Morgan fingerprint density at radius 2 is 2.25 bits per heavy atom. The maximum Gasteiger partial charge on any atom is 0.318 e. The number of unbranched alkanes of at least 4 members (excludes halogenated alkanes) is 1. The Balaban J connectivity index is 2.05. The largest absolute Gasteiger partial charge is 0.406 e. The quantitative estimate of drug-likeness (QED) is 0.798. The molecule has 5 heteroatoms. The molecule has 1 aromatic heterocycles. The summed E-state index contributed by atoms with van der Waals surface area (Å²) in [5.41, 5.74) is 5.70. The predicted molar refractivity (Wildman–Crippen MR) is 62.2 cm³/mol. The van der Waals surface area contributed by atoms with Gasteiger partial charge in [0.1, 0.15) is 0 Å². The Hall–Kier alpha value is -1.10. The summed E-state index contributed by atoms with van der Waals surface area (Å²) in [5, 5.41) is 8.05. The second-order valence-electron chi connectivity index (χ2n) is 4.49. The van der Waals surface area contributed by atoms with E-state index in [1.165, 1.54) is 19.3 Å². The molecule has 90 valence electrons. The number of hydrogen-bond acceptors (Lipinski definition) is 5. The fraction of sp³-hybridized carbons (Fsp3) is 0.818. The van der Waals surface area contributed by atoms with Crippen LogP contribution in [0, 0.1) is 0 Å². The van der Waals surface area contributed by atoms with Crippen LogP contribution in [0.4, 0.5) is 6.01 Å². The summed E-state index contributed by atoms with van der Waals surface area (Å²) >= 11 is 0. The van der Waals surface area contributed by atoms with Gasteiger partial charge in [0, 0.05) is 12.6 Å². The van der Waals surface area contributed by atoms with Gasteiger partial charge in [0.2, 0.25) is 5.89 Å². The first kappa shape index (κ1) is 11.4. The van der Waals surface area contributed by atoms with Crippen molar-refractivity contribution < 1.29 is 4.42 Å². The van der Waals surface area contributed by atoms with Crippen LogP contribution >= 0.6 is 0 Å². The fourth-order valence-electron chi connectivity index (χ4n) is 1.68. The topological polar surface area (TPSA) is 68.2 Å². The smallest absolute Gasteiger partial charge is 0.318 e. The zero-order chi connectivity index (χ0) is 11.5. The lowest BCUT2D eigenvalue weighted by Crippen LogP contribution is -2.27. The van der Waals surface area contributed by atoms with Crippen LogP contribution in [0.15, 0.2) is 4.42 Å². The van der Waals surface area contributed by atoms with E-state index in [2.05, 4.69) is 22.0 Å². The van der Waals surface area contributed by atoms with E-state index in [1.807, 2.05) is 6.92 Å². The number of nitrogens with zero attached hydrogens (tertiary/aromatic N) is 3. The Bertz CT molecular complexity index is 332. The van der Waals surface area contributed by atoms with Gasteiger partial charge >= 0.3 is 6.01 Å². The summed E-state index contributed by atoms with van der Waals surface area (Å²) in [4.78, 5) is 2.22. The molecule has 1 atom stereocenters. The minimum atomic E-state index is -0.187. The molecule has 1 aliphatic rings. The monoisotopic (exact) mass is 224 g/mol. The van der Waals surface area contributed by atoms with Crippen LogP contribution in [0.1, 0.15) is 51.5 Å². The fourth-order valence-corrected chi connectivity index (χ4v) is 1.68. The maximum atomic E-state index is 5.70. The van der Waals surface area contributed by atoms with Crippen molar-refractivity contribution in [3.63, 3.8) is 0 Å². The van der Waals surface area contributed by atoms with Crippen LogP contribution in [0.3, 0.4) is 0 Å². The molecule has 2 N–H and O–H groups in total. The average molecular weight is 224 g/mol. The molecule has 0 radical (unpaired) electrons. The SMILES string of the molecule is CCCCN(c1nnc(C(C)N)o1)C1CC1. The molecule has 2 rings (SSSR count). The molecular formula is C11H20N4O. The average Bonchev–Trinajstić information content (AvgIpc) is 2.96. The number of aromatic nitrogens is 2. The first-order valence-electron chi connectivity index (χ1n) is 6.08. The molecule has 1 saturated carbocycles. The van der Waals surface area contributed by atoms with Gasteiger partial charge in [0.05, 0.1) is 6.04 Å². The molecule has 5 nitrogen and oxygen atoms in total. The first-order valence-corrected chi connectivity index (χ1v) is 6.08. The first-order chi connectivity index (χ1) is 7.72. The van der Waals surface area contributed by atoms with Crippen LogP contribution in [0.25, 0.3) is 0 Å². The molecule has 16 heavy (non-hydrogen) atoms. The molecule has 0 spiro atoms. The van der Waals surface area contributed by atoms with E-state index in [1.54, 1.807) is 0 Å². The van der Waals surface area contributed by atoms with Gasteiger partial charge in [-0.25, -0.2) is 0 Å². The molecule has 1 unspecified atom stereocenters. The maximum absolute atomic E-state index is 5.70. The van der Waals surface area contributed by atoms with Crippen LogP contribution in [0.2, 0.25) is 0 Å². The highest BCUT2D eigenvalue weighted by atomic mass is 16.4. The van der Waals surface area contributed by atoms with Crippen molar-refractivity contribution in [3.8, 4) is 0 Å². The van der Waals surface area contributed by atoms with Crippen LogP contribution in [0.5, 0.6) is 0 Å². The second-order valence-corrected chi connectivity index (χ2v) is 4.49. The highest BCUT2D eigenvalue weighted by Gasteiger charge is 2.32. The molecular weight excluding hydrogens is 204 g/mol. The summed E-state index contributed by atoms with van der Waals surface area (Å²) in [6.45, 7) is 5.04. The Kier molecular flexibility index (Phi) is 3.43. The highest BCUT2D eigenvalue weighted by molar-refractivity contribution is 5.29. The minimum Gasteiger partial charge on any atom is -0.406 e.